The molecule has 3 nitrogen and oxygen atoms in total. The summed E-state index contributed by atoms with van der Waals surface area (Å²) in [7, 11) is 0. The Hall–Kier alpha value is -8.92. The first-order valence-corrected chi connectivity index (χ1v) is 22.7. The predicted molar refractivity (Wildman–Crippen MR) is 278 cm³/mol. The van der Waals surface area contributed by atoms with Gasteiger partial charge in [0.1, 0.15) is 11.2 Å². The highest BCUT2D eigenvalue weighted by Crippen LogP contribution is 2.46. The van der Waals surface area contributed by atoms with E-state index >= 15 is 0 Å². The summed E-state index contributed by atoms with van der Waals surface area (Å²) in [5.74, 6) is 0.692. The van der Waals surface area contributed by atoms with Gasteiger partial charge in [-0.05, 0) is 91.5 Å². The number of hydrogen-bond acceptors (Lipinski definition) is 3. The maximum absolute atomic E-state index is 6.70. The summed E-state index contributed by atoms with van der Waals surface area (Å²) in [6, 6.07) is 90.1. The summed E-state index contributed by atoms with van der Waals surface area (Å²) in [6.07, 6.45) is 0. The van der Waals surface area contributed by atoms with E-state index in [1.807, 2.05) is 30.3 Å². The van der Waals surface area contributed by atoms with E-state index in [4.69, 9.17) is 14.4 Å². The normalized spacial score (nSPS) is 11.3. The number of hydrogen-bond donors (Lipinski definition) is 0. The fraction of sp³-hybridized carbons (Fsp3) is 0. The summed E-state index contributed by atoms with van der Waals surface area (Å²) in [4.78, 5) is 10.3. The van der Waals surface area contributed by atoms with Crippen LogP contribution in [-0.2, 0) is 0 Å². The van der Waals surface area contributed by atoms with E-state index in [9.17, 15) is 0 Å². The van der Waals surface area contributed by atoms with E-state index < -0.39 is 0 Å². The second-order valence-corrected chi connectivity index (χ2v) is 16.9. The summed E-state index contributed by atoms with van der Waals surface area (Å²) in [6.45, 7) is 0. The van der Waals surface area contributed by atoms with Crippen LogP contribution in [-0.4, -0.2) is 9.97 Å². The Morgan fingerprint density at radius 2 is 0.716 bits per heavy atom. The molecule has 0 spiro atoms. The van der Waals surface area contributed by atoms with Gasteiger partial charge in [0, 0.05) is 33.0 Å². The molecular formula is C64H42N2O. The van der Waals surface area contributed by atoms with Crippen molar-refractivity contribution in [3.63, 3.8) is 0 Å². The van der Waals surface area contributed by atoms with Crippen LogP contribution >= 0.6 is 0 Å². The number of rotatable bonds is 9. The maximum Gasteiger partial charge on any atom is 0.160 e. The van der Waals surface area contributed by atoms with E-state index in [2.05, 4.69) is 224 Å². The van der Waals surface area contributed by atoms with E-state index in [0.717, 1.165) is 106 Å². The Morgan fingerprint density at radius 3 is 1.40 bits per heavy atom. The number of aromatic nitrogens is 2. The topological polar surface area (TPSA) is 38.9 Å². The van der Waals surface area contributed by atoms with Gasteiger partial charge in [0.2, 0.25) is 0 Å². The molecule has 0 N–H and O–H groups in total. The quantitative estimate of drug-likeness (QED) is 0.145. The molecule has 2 aromatic heterocycles. The molecule has 0 aliphatic rings. The van der Waals surface area contributed by atoms with Crippen molar-refractivity contribution in [2.75, 3.05) is 0 Å². The number of nitrogens with zero attached hydrogens (tertiary/aromatic N) is 2. The van der Waals surface area contributed by atoms with Crippen molar-refractivity contribution in [1.82, 2.24) is 9.97 Å². The van der Waals surface area contributed by atoms with Crippen LogP contribution in [0.1, 0.15) is 0 Å². The fourth-order valence-corrected chi connectivity index (χ4v) is 9.38. The Kier molecular flexibility index (Phi) is 10.2. The molecule has 3 heteroatoms. The maximum atomic E-state index is 6.70. The monoisotopic (exact) mass is 854 g/mol. The van der Waals surface area contributed by atoms with Crippen LogP contribution in [0.4, 0.5) is 0 Å². The first-order chi connectivity index (χ1) is 33.2. The Morgan fingerprint density at radius 1 is 0.254 bits per heavy atom. The molecule has 12 aromatic rings. The molecule has 0 saturated carbocycles. The number of furan rings is 1. The average Bonchev–Trinajstić information content (AvgIpc) is 3.81. The molecular weight excluding hydrogens is 813 g/mol. The van der Waals surface area contributed by atoms with E-state index in [-0.39, 0.29) is 0 Å². The van der Waals surface area contributed by atoms with Gasteiger partial charge in [0.25, 0.3) is 0 Å². The molecule has 67 heavy (non-hydrogen) atoms. The SMILES string of the molecule is c1ccc(-c2ccc(-c3cc(-c4cccc(-c5ccc(-c6cc(-c7ccccc7)cc(-c7cccc8c7oc7ccccc78)c6-c6ccccc6)cc5)c4)nc(-c4ccccc4)n3)cc2)cc1. The lowest BCUT2D eigenvalue weighted by Crippen LogP contribution is -1.96. The van der Waals surface area contributed by atoms with E-state index in [0.29, 0.717) is 5.82 Å². The van der Waals surface area contributed by atoms with Crippen LogP contribution in [0.3, 0.4) is 0 Å². The van der Waals surface area contributed by atoms with Gasteiger partial charge >= 0.3 is 0 Å². The zero-order valence-corrected chi connectivity index (χ0v) is 36.6. The first kappa shape index (κ1) is 39.7. The highest BCUT2D eigenvalue weighted by Gasteiger charge is 2.21. The van der Waals surface area contributed by atoms with Gasteiger partial charge in [-0.25, -0.2) is 9.97 Å². The average molecular weight is 855 g/mol. The molecule has 0 bridgehead atoms. The van der Waals surface area contributed by atoms with Crippen molar-refractivity contribution in [1.29, 1.82) is 0 Å². The zero-order chi connectivity index (χ0) is 44.5. The Balaban J connectivity index is 0.965. The van der Waals surface area contributed by atoms with Crippen molar-refractivity contribution >= 4 is 21.9 Å². The van der Waals surface area contributed by atoms with Crippen LogP contribution in [0.5, 0.6) is 0 Å². The van der Waals surface area contributed by atoms with Gasteiger partial charge in [0.05, 0.1) is 11.4 Å². The molecule has 0 saturated heterocycles. The largest absolute Gasteiger partial charge is 0.455 e. The van der Waals surface area contributed by atoms with Crippen molar-refractivity contribution in [3.8, 4) is 101 Å². The minimum absolute atomic E-state index is 0.692. The molecule has 0 unspecified atom stereocenters. The third-order valence-corrected chi connectivity index (χ3v) is 12.7. The van der Waals surface area contributed by atoms with Crippen molar-refractivity contribution in [3.05, 3.63) is 255 Å². The van der Waals surface area contributed by atoms with Crippen LogP contribution < -0.4 is 0 Å². The summed E-state index contributed by atoms with van der Waals surface area (Å²) < 4.78 is 6.70. The van der Waals surface area contributed by atoms with Gasteiger partial charge in [0.15, 0.2) is 5.82 Å². The summed E-state index contributed by atoms with van der Waals surface area (Å²) in [5.41, 5.74) is 20.2. The molecule has 0 atom stereocenters. The van der Waals surface area contributed by atoms with Crippen molar-refractivity contribution in [2.45, 2.75) is 0 Å². The molecule has 0 fully saturated rings. The van der Waals surface area contributed by atoms with Gasteiger partial charge < -0.3 is 4.42 Å². The van der Waals surface area contributed by atoms with Crippen LogP contribution in [0.2, 0.25) is 0 Å². The lowest BCUT2D eigenvalue weighted by Gasteiger charge is -2.19. The summed E-state index contributed by atoms with van der Waals surface area (Å²) in [5, 5.41) is 2.22. The standard InChI is InChI=1S/C64H42N2O/c1-5-17-43(18-6-1)45-33-37-48(38-34-45)59-42-60(66-64(65-59)50-23-11-4-12-24-50)52-26-15-25-51(39-52)46-31-35-47(36-32-46)57-40-53(44-19-7-2-8-20-44)41-58(62(57)49-21-9-3-10-22-49)56-29-16-28-55-54-27-13-14-30-61(54)67-63(55)56/h1-42H. The Bertz CT molecular complexity index is 3690. The van der Waals surface area contributed by atoms with Gasteiger partial charge in [-0.3, -0.25) is 0 Å². The molecule has 0 aliphatic heterocycles. The van der Waals surface area contributed by atoms with Crippen molar-refractivity contribution < 1.29 is 4.42 Å². The number of para-hydroxylation sites is 2. The van der Waals surface area contributed by atoms with Crippen LogP contribution in [0.15, 0.2) is 259 Å². The van der Waals surface area contributed by atoms with Gasteiger partial charge in [-0.15, -0.1) is 0 Å². The minimum atomic E-state index is 0.692. The van der Waals surface area contributed by atoms with E-state index in [1.165, 1.54) is 11.1 Å². The highest BCUT2D eigenvalue weighted by atomic mass is 16.3. The third kappa shape index (κ3) is 7.69. The Labute approximate surface area is 390 Å². The predicted octanol–water partition coefficient (Wildman–Crippen LogP) is 17.4. The summed E-state index contributed by atoms with van der Waals surface area (Å²) >= 11 is 0. The third-order valence-electron chi connectivity index (χ3n) is 12.7. The molecule has 0 amide bonds. The lowest BCUT2D eigenvalue weighted by atomic mass is 9.84. The fourth-order valence-electron chi connectivity index (χ4n) is 9.38. The van der Waals surface area contributed by atoms with Crippen LogP contribution in [0, 0.1) is 0 Å². The van der Waals surface area contributed by atoms with Gasteiger partial charge in [-0.2, -0.15) is 0 Å². The van der Waals surface area contributed by atoms with Crippen LogP contribution in [0.25, 0.3) is 123 Å². The van der Waals surface area contributed by atoms with E-state index in [1.54, 1.807) is 0 Å². The highest BCUT2D eigenvalue weighted by molar-refractivity contribution is 6.12. The smallest absolute Gasteiger partial charge is 0.160 e. The zero-order valence-electron chi connectivity index (χ0n) is 36.6. The number of fused-ring (bicyclic) bond motifs is 3. The lowest BCUT2D eigenvalue weighted by molar-refractivity contribution is 0.670. The second kappa shape index (κ2) is 17.2. The minimum Gasteiger partial charge on any atom is -0.455 e. The van der Waals surface area contributed by atoms with Gasteiger partial charge in [-0.1, -0.05) is 224 Å². The second-order valence-electron chi connectivity index (χ2n) is 16.9. The molecule has 12 rings (SSSR count). The molecule has 314 valence electrons. The van der Waals surface area contributed by atoms with Crippen molar-refractivity contribution in [2.24, 2.45) is 0 Å². The molecule has 0 aliphatic carbocycles. The molecule has 0 radical (unpaired) electrons. The molecule has 2 heterocycles. The molecule has 10 aromatic carbocycles. The number of benzene rings is 10. The first-order valence-electron chi connectivity index (χ1n) is 22.7.